The Kier molecular flexibility index (Phi) is 4.24. The van der Waals surface area contributed by atoms with Gasteiger partial charge in [-0.3, -0.25) is 14.6 Å². The Bertz CT molecular complexity index is 887. The van der Waals surface area contributed by atoms with E-state index in [-0.39, 0.29) is 11.8 Å². The molecule has 2 amide bonds. The van der Waals surface area contributed by atoms with Gasteiger partial charge in [0.15, 0.2) is 0 Å². The molecule has 0 bridgehead atoms. The number of nitrogens with one attached hydrogen (secondary N) is 1. The van der Waals surface area contributed by atoms with Crippen molar-refractivity contribution >= 4 is 29.1 Å². The monoisotopic (exact) mass is 367 g/mol. The lowest BCUT2D eigenvalue weighted by Gasteiger charge is -2.37. The van der Waals surface area contributed by atoms with E-state index in [1.165, 1.54) is 0 Å². The van der Waals surface area contributed by atoms with Gasteiger partial charge in [0, 0.05) is 42.1 Å². The van der Waals surface area contributed by atoms with Crippen molar-refractivity contribution in [3.63, 3.8) is 0 Å². The second-order valence-corrected chi connectivity index (χ2v) is 7.05. The molecule has 1 N–H and O–H groups in total. The Balaban J connectivity index is 1.49. The van der Waals surface area contributed by atoms with Crippen molar-refractivity contribution in [2.75, 3.05) is 13.1 Å². The summed E-state index contributed by atoms with van der Waals surface area (Å²) in [5, 5.41) is 3.57. The molecule has 2 aromatic rings. The number of likely N-dealkylation sites (tertiary alicyclic amines) is 1. The van der Waals surface area contributed by atoms with E-state index in [1.807, 2.05) is 30.3 Å². The zero-order chi connectivity index (χ0) is 18.1. The van der Waals surface area contributed by atoms with Crippen LogP contribution < -0.4 is 5.32 Å². The van der Waals surface area contributed by atoms with E-state index in [1.54, 1.807) is 29.2 Å². The normalized spacial score (nSPS) is 18.6. The Morgan fingerprint density at radius 2 is 1.81 bits per heavy atom. The van der Waals surface area contributed by atoms with Gasteiger partial charge in [0.1, 0.15) is 11.4 Å². The summed E-state index contributed by atoms with van der Waals surface area (Å²) in [4.78, 5) is 31.5. The fraction of sp³-hybridized carbons (Fsp3) is 0.250. The van der Waals surface area contributed by atoms with Crippen molar-refractivity contribution in [1.82, 2.24) is 10.2 Å². The second-order valence-electron chi connectivity index (χ2n) is 6.61. The Labute approximate surface area is 156 Å². The number of piperidine rings is 1. The molecule has 5 nitrogen and oxygen atoms in total. The molecular formula is C20H18ClN3O2. The molecule has 2 aromatic carbocycles. The first-order valence-electron chi connectivity index (χ1n) is 8.59. The van der Waals surface area contributed by atoms with Crippen LogP contribution in [-0.2, 0) is 4.79 Å². The highest BCUT2D eigenvalue weighted by Crippen LogP contribution is 2.29. The van der Waals surface area contributed by atoms with Crippen LogP contribution in [0, 0.1) is 0 Å². The highest BCUT2D eigenvalue weighted by atomic mass is 35.5. The number of nitrogens with zero attached hydrogens (tertiary/aromatic N) is 2. The van der Waals surface area contributed by atoms with E-state index >= 15 is 0 Å². The SMILES string of the molecule is O=C1NC2(CCN(C(=O)c3cccc(Cl)c3)CC2)N=C1c1ccccc1. The fourth-order valence-corrected chi connectivity index (χ4v) is 3.67. The quantitative estimate of drug-likeness (QED) is 0.887. The summed E-state index contributed by atoms with van der Waals surface area (Å²) in [7, 11) is 0. The van der Waals surface area contributed by atoms with Crippen LogP contribution in [0.4, 0.5) is 0 Å². The van der Waals surface area contributed by atoms with Crippen LogP contribution in [0.1, 0.15) is 28.8 Å². The van der Waals surface area contributed by atoms with Crippen molar-refractivity contribution in [2.45, 2.75) is 18.5 Å². The van der Waals surface area contributed by atoms with Gasteiger partial charge in [-0.25, -0.2) is 0 Å². The molecule has 1 spiro atoms. The topological polar surface area (TPSA) is 61.8 Å². The van der Waals surface area contributed by atoms with Crippen LogP contribution in [0.3, 0.4) is 0 Å². The molecule has 0 unspecified atom stereocenters. The third-order valence-corrected chi connectivity index (χ3v) is 5.12. The largest absolute Gasteiger partial charge is 0.338 e. The minimum Gasteiger partial charge on any atom is -0.338 e. The number of aliphatic imine (C=N–C) groups is 1. The third-order valence-electron chi connectivity index (χ3n) is 4.88. The number of benzene rings is 2. The Morgan fingerprint density at radius 1 is 1.08 bits per heavy atom. The molecule has 2 heterocycles. The Hall–Kier alpha value is -2.66. The summed E-state index contributed by atoms with van der Waals surface area (Å²) in [5.41, 5.74) is 1.27. The van der Waals surface area contributed by atoms with Gasteiger partial charge < -0.3 is 10.2 Å². The number of carbonyl (C=O) groups is 2. The number of halogens is 1. The molecule has 1 fully saturated rings. The molecule has 0 saturated carbocycles. The zero-order valence-corrected chi connectivity index (χ0v) is 14.9. The maximum absolute atomic E-state index is 12.6. The van der Waals surface area contributed by atoms with Gasteiger partial charge in [0.2, 0.25) is 0 Å². The van der Waals surface area contributed by atoms with Crippen molar-refractivity contribution in [3.05, 3.63) is 70.7 Å². The van der Waals surface area contributed by atoms with Gasteiger partial charge in [-0.1, -0.05) is 48.0 Å². The zero-order valence-electron chi connectivity index (χ0n) is 14.1. The van der Waals surface area contributed by atoms with Crippen molar-refractivity contribution in [3.8, 4) is 0 Å². The predicted molar refractivity (Wildman–Crippen MR) is 100 cm³/mol. The van der Waals surface area contributed by atoms with E-state index in [9.17, 15) is 9.59 Å². The lowest BCUT2D eigenvalue weighted by molar-refractivity contribution is -0.115. The highest BCUT2D eigenvalue weighted by Gasteiger charge is 2.42. The summed E-state index contributed by atoms with van der Waals surface area (Å²) in [6, 6.07) is 16.4. The molecule has 26 heavy (non-hydrogen) atoms. The van der Waals surface area contributed by atoms with E-state index in [0.717, 1.165) is 5.56 Å². The van der Waals surface area contributed by atoms with Gasteiger partial charge in [-0.2, -0.15) is 0 Å². The number of hydrogen-bond acceptors (Lipinski definition) is 3. The van der Waals surface area contributed by atoms with E-state index in [2.05, 4.69) is 5.32 Å². The van der Waals surface area contributed by atoms with Crippen LogP contribution in [0.5, 0.6) is 0 Å². The standard InChI is InChI=1S/C20H18ClN3O2/c21-16-8-4-7-15(13-16)19(26)24-11-9-20(10-12-24)22-17(18(25)23-20)14-5-2-1-3-6-14/h1-8,13H,9-12H2,(H,23,25). The van der Waals surface area contributed by atoms with Gasteiger partial charge >= 0.3 is 0 Å². The number of carbonyl (C=O) groups excluding carboxylic acids is 2. The second kappa shape index (κ2) is 6.57. The fourth-order valence-electron chi connectivity index (χ4n) is 3.48. The molecule has 1 saturated heterocycles. The summed E-state index contributed by atoms with van der Waals surface area (Å²) in [6.07, 6.45) is 1.20. The van der Waals surface area contributed by atoms with Gasteiger partial charge in [0.05, 0.1) is 0 Å². The summed E-state index contributed by atoms with van der Waals surface area (Å²) >= 11 is 5.98. The first-order chi connectivity index (χ1) is 12.6. The predicted octanol–water partition coefficient (Wildman–Crippen LogP) is 2.89. The Morgan fingerprint density at radius 3 is 2.50 bits per heavy atom. The van der Waals surface area contributed by atoms with Crippen LogP contribution in [0.25, 0.3) is 0 Å². The number of amides is 2. The lowest BCUT2D eigenvalue weighted by Crippen LogP contribution is -2.52. The highest BCUT2D eigenvalue weighted by molar-refractivity contribution is 6.46. The average Bonchev–Trinajstić information content (AvgIpc) is 2.98. The van der Waals surface area contributed by atoms with Gasteiger partial charge in [-0.15, -0.1) is 0 Å². The van der Waals surface area contributed by atoms with Gasteiger partial charge in [-0.05, 0) is 18.2 Å². The molecule has 4 rings (SSSR count). The lowest BCUT2D eigenvalue weighted by atomic mass is 9.97. The maximum Gasteiger partial charge on any atom is 0.272 e. The van der Waals surface area contributed by atoms with Crippen molar-refractivity contribution in [2.24, 2.45) is 4.99 Å². The maximum atomic E-state index is 12.6. The van der Waals surface area contributed by atoms with Crippen LogP contribution in [0.15, 0.2) is 59.6 Å². The molecule has 0 aliphatic carbocycles. The summed E-state index contributed by atoms with van der Waals surface area (Å²) in [6.45, 7) is 1.08. The van der Waals surface area contributed by atoms with Crippen molar-refractivity contribution in [1.29, 1.82) is 0 Å². The van der Waals surface area contributed by atoms with E-state index in [4.69, 9.17) is 16.6 Å². The first kappa shape index (κ1) is 16.8. The molecule has 0 atom stereocenters. The van der Waals surface area contributed by atoms with Gasteiger partial charge in [0.25, 0.3) is 11.8 Å². The molecule has 6 heteroatoms. The first-order valence-corrected chi connectivity index (χ1v) is 8.97. The average molecular weight is 368 g/mol. The number of hydrogen-bond donors (Lipinski definition) is 1. The molecule has 0 aromatic heterocycles. The van der Waals surface area contributed by atoms with E-state index < -0.39 is 5.66 Å². The third kappa shape index (κ3) is 3.10. The molecule has 2 aliphatic rings. The molecule has 2 aliphatic heterocycles. The van der Waals surface area contributed by atoms with Crippen LogP contribution >= 0.6 is 11.6 Å². The van der Waals surface area contributed by atoms with Crippen molar-refractivity contribution < 1.29 is 9.59 Å². The molecule has 132 valence electrons. The van der Waals surface area contributed by atoms with Crippen LogP contribution in [-0.4, -0.2) is 41.2 Å². The van der Waals surface area contributed by atoms with E-state index in [0.29, 0.717) is 42.2 Å². The smallest absolute Gasteiger partial charge is 0.272 e. The summed E-state index contributed by atoms with van der Waals surface area (Å²) < 4.78 is 0. The molecular weight excluding hydrogens is 350 g/mol. The molecule has 0 radical (unpaired) electrons. The van der Waals surface area contributed by atoms with Crippen LogP contribution in [0.2, 0.25) is 5.02 Å². The minimum absolute atomic E-state index is 0.0427. The minimum atomic E-state index is -0.604. The summed E-state index contributed by atoms with van der Waals surface area (Å²) in [5.74, 6) is -0.190. The number of rotatable bonds is 2.